The third kappa shape index (κ3) is 4.98. The largest absolute Gasteiger partial charge is 0.394 e. The van der Waals surface area contributed by atoms with E-state index in [0.29, 0.717) is 5.56 Å². The standard InChI is InChI=1S/C14H18N3O6P/c15-13-12(10-4-2-1-3-5-10)7-17(14(19)16-13)6-11(8-18)23-9-24(20,21)22/h1-5,7,11,18H,6,8-9H2,(H2,15,16,19)(H2,20,21,22)/t11-/m1/s1. The normalized spacial score (nSPS) is 13.0. The average Bonchev–Trinajstić information content (AvgIpc) is 2.53. The third-order valence-corrected chi connectivity index (χ3v) is 3.68. The molecular formula is C14H18N3O6P. The van der Waals surface area contributed by atoms with Gasteiger partial charge in [-0.05, 0) is 5.56 Å². The van der Waals surface area contributed by atoms with Gasteiger partial charge in [-0.25, -0.2) is 4.79 Å². The van der Waals surface area contributed by atoms with Crippen LogP contribution in [0.2, 0.25) is 0 Å². The van der Waals surface area contributed by atoms with Gasteiger partial charge in [0.15, 0.2) is 0 Å². The van der Waals surface area contributed by atoms with Gasteiger partial charge in [-0.1, -0.05) is 30.3 Å². The molecule has 0 radical (unpaired) electrons. The summed E-state index contributed by atoms with van der Waals surface area (Å²) in [6, 6.07) is 9.06. The minimum Gasteiger partial charge on any atom is -0.394 e. The monoisotopic (exact) mass is 355 g/mol. The molecule has 0 saturated carbocycles. The number of ether oxygens (including phenoxy) is 1. The van der Waals surface area contributed by atoms with Gasteiger partial charge in [-0.3, -0.25) is 9.13 Å². The van der Waals surface area contributed by atoms with Crippen molar-refractivity contribution in [2.45, 2.75) is 12.6 Å². The van der Waals surface area contributed by atoms with Crippen LogP contribution in [0.1, 0.15) is 0 Å². The number of aromatic nitrogens is 2. The molecule has 24 heavy (non-hydrogen) atoms. The summed E-state index contributed by atoms with van der Waals surface area (Å²) in [4.78, 5) is 33.3. The highest BCUT2D eigenvalue weighted by Crippen LogP contribution is 2.34. The lowest BCUT2D eigenvalue weighted by Gasteiger charge is -2.18. The van der Waals surface area contributed by atoms with Crippen LogP contribution in [0.4, 0.5) is 5.82 Å². The van der Waals surface area contributed by atoms with E-state index in [1.807, 2.05) is 18.2 Å². The summed E-state index contributed by atoms with van der Waals surface area (Å²) in [7, 11) is -4.37. The van der Waals surface area contributed by atoms with Gasteiger partial charge in [0, 0.05) is 11.8 Å². The maximum Gasteiger partial charge on any atom is 0.350 e. The van der Waals surface area contributed by atoms with Crippen LogP contribution >= 0.6 is 7.60 Å². The van der Waals surface area contributed by atoms with Crippen LogP contribution < -0.4 is 11.4 Å². The van der Waals surface area contributed by atoms with Crippen LogP contribution in [0.15, 0.2) is 41.3 Å². The predicted molar refractivity (Wildman–Crippen MR) is 87.2 cm³/mol. The highest BCUT2D eigenvalue weighted by atomic mass is 31.2. The van der Waals surface area contributed by atoms with E-state index in [1.165, 1.54) is 10.8 Å². The molecule has 130 valence electrons. The van der Waals surface area contributed by atoms with E-state index in [2.05, 4.69) is 4.98 Å². The summed E-state index contributed by atoms with van der Waals surface area (Å²) in [5, 5.41) is 9.28. The molecule has 0 unspecified atom stereocenters. The average molecular weight is 355 g/mol. The number of aliphatic hydroxyl groups is 1. The number of nitrogens with two attached hydrogens (primary N) is 1. The topological polar surface area (TPSA) is 148 Å². The molecule has 1 heterocycles. The van der Waals surface area contributed by atoms with Crippen molar-refractivity contribution in [3.05, 3.63) is 47.0 Å². The van der Waals surface area contributed by atoms with Crippen LogP contribution in [0.25, 0.3) is 11.1 Å². The molecule has 0 aliphatic heterocycles. The molecule has 0 aliphatic carbocycles. The van der Waals surface area contributed by atoms with Gasteiger partial charge in [-0.15, -0.1) is 0 Å². The summed E-state index contributed by atoms with van der Waals surface area (Å²) in [5.74, 6) is 0.0686. The third-order valence-electron chi connectivity index (χ3n) is 3.19. The van der Waals surface area contributed by atoms with Crippen molar-refractivity contribution in [2.24, 2.45) is 0 Å². The van der Waals surface area contributed by atoms with Crippen molar-refractivity contribution in [3.8, 4) is 11.1 Å². The van der Waals surface area contributed by atoms with Gasteiger partial charge >= 0.3 is 13.3 Å². The van der Waals surface area contributed by atoms with Crippen molar-refractivity contribution in [2.75, 3.05) is 18.7 Å². The Bertz CT molecular complexity index is 789. The molecule has 0 saturated heterocycles. The number of aliphatic hydroxyl groups excluding tert-OH is 1. The van der Waals surface area contributed by atoms with Crippen molar-refractivity contribution in [1.29, 1.82) is 0 Å². The molecule has 1 atom stereocenters. The fraction of sp³-hybridized carbons (Fsp3) is 0.286. The van der Waals surface area contributed by atoms with Gasteiger partial charge in [0.25, 0.3) is 0 Å². The molecule has 2 rings (SSSR count). The molecule has 1 aromatic carbocycles. The van der Waals surface area contributed by atoms with Crippen LogP contribution in [0.3, 0.4) is 0 Å². The molecule has 0 fully saturated rings. The zero-order valence-electron chi connectivity index (χ0n) is 12.6. The molecule has 2 aromatic rings. The Labute approximate surface area is 137 Å². The quantitative estimate of drug-likeness (QED) is 0.508. The summed E-state index contributed by atoms with van der Waals surface area (Å²) in [6.45, 7) is -0.639. The van der Waals surface area contributed by atoms with Crippen LogP contribution in [-0.2, 0) is 15.8 Å². The molecule has 0 spiro atoms. The van der Waals surface area contributed by atoms with Crippen molar-refractivity contribution in [3.63, 3.8) is 0 Å². The van der Waals surface area contributed by atoms with E-state index in [1.54, 1.807) is 12.1 Å². The molecule has 9 nitrogen and oxygen atoms in total. The lowest BCUT2D eigenvalue weighted by atomic mass is 10.1. The van der Waals surface area contributed by atoms with E-state index in [4.69, 9.17) is 20.3 Å². The lowest BCUT2D eigenvalue weighted by molar-refractivity contribution is 0.0189. The van der Waals surface area contributed by atoms with Crippen LogP contribution in [0, 0.1) is 0 Å². The summed E-state index contributed by atoms with van der Waals surface area (Å²) in [6.07, 6.45) is -0.339. The van der Waals surface area contributed by atoms with Gasteiger partial charge < -0.3 is 25.4 Å². The van der Waals surface area contributed by atoms with E-state index in [9.17, 15) is 14.5 Å². The van der Waals surface area contributed by atoms with Crippen LogP contribution in [-0.4, -0.2) is 43.5 Å². The lowest BCUT2D eigenvalue weighted by Crippen LogP contribution is -2.32. The maximum absolute atomic E-state index is 12.0. The summed E-state index contributed by atoms with van der Waals surface area (Å²) >= 11 is 0. The van der Waals surface area contributed by atoms with E-state index in [-0.39, 0.29) is 12.4 Å². The molecule has 5 N–H and O–H groups in total. The predicted octanol–water partition coefficient (Wildman–Crippen LogP) is 0.00520. The number of nitrogens with zero attached hydrogens (tertiary/aromatic N) is 2. The first-order valence-corrected chi connectivity index (χ1v) is 8.79. The Morgan fingerprint density at radius 2 is 1.96 bits per heavy atom. The second-order valence-electron chi connectivity index (χ2n) is 5.11. The Morgan fingerprint density at radius 3 is 2.54 bits per heavy atom. The molecule has 10 heteroatoms. The molecular weight excluding hydrogens is 337 g/mol. The Hall–Kier alpha value is -2.03. The van der Waals surface area contributed by atoms with E-state index in [0.717, 1.165) is 5.56 Å². The first-order chi connectivity index (χ1) is 11.3. The van der Waals surface area contributed by atoms with E-state index < -0.39 is 32.3 Å². The summed E-state index contributed by atoms with van der Waals surface area (Å²) < 4.78 is 17.0. The molecule has 0 bridgehead atoms. The SMILES string of the molecule is Nc1nc(=O)n(C[C@H](CO)OCP(=O)(O)O)cc1-c1ccccc1. The summed E-state index contributed by atoms with van der Waals surface area (Å²) in [5.41, 5.74) is 6.43. The minimum absolute atomic E-state index is 0.0686. The zero-order valence-corrected chi connectivity index (χ0v) is 13.5. The zero-order chi connectivity index (χ0) is 17.7. The maximum atomic E-state index is 12.0. The fourth-order valence-electron chi connectivity index (χ4n) is 2.06. The first kappa shape index (κ1) is 18.3. The second-order valence-corrected chi connectivity index (χ2v) is 6.69. The van der Waals surface area contributed by atoms with E-state index >= 15 is 0 Å². The van der Waals surface area contributed by atoms with Gasteiger partial charge in [0.05, 0.1) is 19.3 Å². The Balaban J connectivity index is 2.26. The fourth-order valence-corrected chi connectivity index (χ4v) is 2.47. The van der Waals surface area contributed by atoms with Gasteiger partial charge in [0.1, 0.15) is 12.2 Å². The highest BCUT2D eigenvalue weighted by Gasteiger charge is 2.19. The molecule has 1 aromatic heterocycles. The number of anilines is 1. The smallest absolute Gasteiger partial charge is 0.350 e. The number of nitrogen functional groups attached to an aromatic ring is 1. The van der Waals surface area contributed by atoms with Gasteiger partial charge in [0.2, 0.25) is 0 Å². The first-order valence-electron chi connectivity index (χ1n) is 6.99. The molecule has 0 aliphatic rings. The van der Waals surface area contributed by atoms with Crippen LogP contribution in [0.5, 0.6) is 0 Å². The number of benzene rings is 1. The number of hydrogen-bond donors (Lipinski definition) is 4. The molecule has 0 amide bonds. The van der Waals surface area contributed by atoms with Crippen molar-refractivity contribution >= 4 is 13.4 Å². The number of hydrogen-bond acceptors (Lipinski definition) is 6. The highest BCUT2D eigenvalue weighted by molar-refractivity contribution is 7.51. The van der Waals surface area contributed by atoms with Crippen molar-refractivity contribution < 1.29 is 24.2 Å². The van der Waals surface area contributed by atoms with Gasteiger partial charge in [-0.2, -0.15) is 4.98 Å². The number of rotatable bonds is 7. The second kappa shape index (κ2) is 7.69. The minimum atomic E-state index is -4.37. The van der Waals surface area contributed by atoms with Crippen molar-refractivity contribution in [1.82, 2.24) is 9.55 Å². The Kier molecular flexibility index (Phi) is 5.87. The Morgan fingerprint density at radius 1 is 1.29 bits per heavy atom.